The van der Waals surface area contributed by atoms with Crippen molar-refractivity contribution in [1.82, 2.24) is 4.90 Å². The van der Waals surface area contributed by atoms with Crippen LogP contribution in [0.4, 0.5) is 4.79 Å². The van der Waals surface area contributed by atoms with E-state index in [0.717, 1.165) is 12.8 Å². The smallest absolute Gasteiger partial charge is 0.410 e. The van der Waals surface area contributed by atoms with Crippen molar-refractivity contribution >= 4 is 58.5 Å². The molecule has 2 heterocycles. The topological polar surface area (TPSA) is 55.8 Å². The summed E-state index contributed by atoms with van der Waals surface area (Å²) in [4.78, 5) is 26.3. The van der Waals surface area contributed by atoms with Crippen molar-refractivity contribution < 1.29 is 19.1 Å². The zero-order chi connectivity index (χ0) is 18.9. The summed E-state index contributed by atoms with van der Waals surface area (Å²) in [6, 6.07) is 6.53. The number of hydrogen-bond donors (Lipinski definition) is 0. The Morgan fingerprint density at radius 2 is 1.81 bits per heavy atom. The first-order chi connectivity index (χ1) is 12.2. The number of alkyl halides is 3. The van der Waals surface area contributed by atoms with E-state index in [1.807, 2.05) is 0 Å². The third-order valence-corrected chi connectivity index (χ3v) is 5.16. The maximum atomic E-state index is 12.3. The highest BCUT2D eigenvalue weighted by atomic mass is 35.6. The van der Waals surface area contributed by atoms with Crippen LogP contribution < -0.4 is 0 Å². The molecule has 0 spiro atoms. The first-order valence-corrected chi connectivity index (χ1v) is 9.72. The predicted octanol–water partition coefficient (Wildman–Crippen LogP) is 5.00. The summed E-state index contributed by atoms with van der Waals surface area (Å²) in [5.41, 5.74) is 0.411. The molecule has 1 unspecified atom stereocenters. The van der Waals surface area contributed by atoms with Gasteiger partial charge < -0.3 is 14.4 Å². The fourth-order valence-electron chi connectivity index (χ4n) is 3.57. The summed E-state index contributed by atoms with van der Waals surface area (Å²) in [5.74, 6) is -0.413. The zero-order valence-corrected chi connectivity index (χ0v) is 16.7. The number of fused-ring (bicyclic) bond motifs is 2. The second-order valence-corrected chi connectivity index (χ2v) is 9.42. The molecule has 0 N–H and O–H groups in total. The van der Waals surface area contributed by atoms with E-state index in [2.05, 4.69) is 0 Å². The Kier molecular flexibility index (Phi) is 6.12. The van der Waals surface area contributed by atoms with E-state index >= 15 is 0 Å². The molecule has 0 saturated carbocycles. The molecule has 2 fully saturated rings. The molecule has 2 saturated heterocycles. The second kappa shape index (κ2) is 8.01. The van der Waals surface area contributed by atoms with Crippen molar-refractivity contribution in [3.63, 3.8) is 0 Å². The van der Waals surface area contributed by atoms with Crippen LogP contribution in [0.3, 0.4) is 0 Å². The fraction of sp³-hybridized carbons (Fsp3) is 0.529. The minimum absolute atomic E-state index is 0.0474. The lowest BCUT2D eigenvalue weighted by Crippen LogP contribution is -2.49. The van der Waals surface area contributed by atoms with Gasteiger partial charge in [-0.25, -0.2) is 9.59 Å². The molecule has 2 aliphatic heterocycles. The van der Waals surface area contributed by atoms with E-state index in [9.17, 15) is 9.59 Å². The van der Waals surface area contributed by atoms with Crippen LogP contribution in [-0.2, 0) is 9.47 Å². The Balaban J connectivity index is 1.58. The molecule has 142 valence electrons. The molecule has 0 radical (unpaired) electrons. The Labute approximate surface area is 171 Å². The number of ether oxygens (including phenoxy) is 2. The molecule has 0 aliphatic carbocycles. The third-order valence-electron chi connectivity index (χ3n) is 4.59. The molecular formula is C17H17Cl4NO4. The molecule has 3 rings (SSSR count). The van der Waals surface area contributed by atoms with Gasteiger partial charge in [0.05, 0.1) is 5.56 Å². The second-order valence-electron chi connectivity index (χ2n) is 6.47. The molecule has 0 aromatic heterocycles. The van der Waals surface area contributed by atoms with Crippen LogP contribution in [0.25, 0.3) is 0 Å². The molecule has 26 heavy (non-hydrogen) atoms. The summed E-state index contributed by atoms with van der Waals surface area (Å²) in [6.07, 6.45) is 2.04. The molecule has 1 aromatic rings. The van der Waals surface area contributed by atoms with Gasteiger partial charge in [0, 0.05) is 29.9 Å². The number of hydrogen-bond acceptors (Lipinski definition) is 4. The first kappa shape index (κ1) is 19.9. The van der Waals surface area contributed by atoms with Gasteiger partial charge in [0.15, 0.2) is 0 Å². The van der Waals surface area contributed by atoms with Crippen molar-refractivity contribution in [3.8, 4) is 0 Å². The van der Waals surface area contributed by atoms with Gasteiger partial charge in [0.2, 0.25) is 3.79 Å². The lowest BCUT2D eigenvalue weighted by atomic mass is 10.00. The van der Waals surface area contributed by atoms with Gasteiger partial charge in [0.1, 0.15) is 12.7 Å². The summed E-state index contributed by atoms with van der Waals surface area (Å²) in [5, 5.41) is 0.478. The lowest BCUT2D eigenvalue weighted by Gasteiger charge is -2.37. The van der Waals surface area contributed by atoms with Crippen LogP contribution in [0.5, 0.6) is 0 Å². The van der Waals surface area contributed by atoms with Gasteiger partial charge in [-0.15, -0.1) is 0 Å². The Morgan fingerprint density at radius 3 is 2.38 bits per heavy atom. The summed E-state index contributed by atoms with van der Waals surface area (Å²) < 4.78 is 9.07. The Hall–Kier alpha value is -0.880. The van der Waals surface area contributed by atoms with Crippen molar-refractivity contribution in [2.45, 2.75) is 47.7 Å². The number of piperidine rings is 1. The lowest BCUT2D eigenvalue weighted by molar-refractivity contribution is -0.00618. The molecule has 2 aliphatic rings. The van der Waals surface area contributed by atoms with E-state index in [1.165, 1.54) is 0 Å². The molecular weight excluding hydrogens is 424 g/mol. The summed E-state index contributed by atoms with van der Waals surface area (Å²) in [7, 11) is 0. The highest BCUT2D eigenvalue weighted by Gasteiger charge is 2.45. The summed E-state index contributed by atoms with van der Waals surface area (Å²) >= 11 is 22.8. The quantitative estimate of drug-likeness (QED) is 0.490. The summed E-state index contributed by atoms with van der Waals surface area (Å²) in [6.45, 7) is -0.306. The van der Waals surface area contributed by atoms with Crippen LogP contribution in [0.1, 0.15) is 36.0 Å². The number of rotatable bonds is 3. The maximum absolute atomic E-state index is 12.3. The highest BCUT2D eigenvalue weighted by Crippen LogP contribution is 2.38. The van der Waals surface area contributed by atoms with Gasteiger partial charge in [-0.05, 0) is 31.0 Å². The van der Waals surface area contributed by atoms with Crippen molar-refractivity contribution in [2.75, 3.05) is 6.61 Å². The van der Waals surface area contributed by atoms with E-state index < -0.39 is 15.9 Å². The predicted molar refractivity (Wildman–Crippen MR) is 100 cm³/mol. The van der Waals surface area contributed by atoms with Crippen LogP contribution in [-0.4, -0.2) is 45.5 Å². The van der Waals surface area contributed by atoms with Gasteiger partial charge in [0.25, 0.3) is 0 Å². The number of halogens is 4. The molecule has 3 atom stereocenters. The SMILES string of the molecule is O=C(OC1C[C@H]2CC[C@@H](C1)N2C(=O)OCC(Cl)(Cl)Cl)c1cccc(Cl)c1. The number of carbonyl (C=O) groups excluding carboxylic acids is 2. The number of nitrogens with zero attached hydrogens (tertiary/aromatic N) is 1. The van der Waals surface area contributed by atoms with Crippen LogP contribution in [0.15, 0.2) is 24.3 Å². The Morgan fingerprint density at radius 1 is 1.15 bits per heavy atom. The maximum Gasteiger partial charge on any atom is 0.410 e. The minimum atomic E-state index is -1.64. The number of benzene rings is 1. The van der Waals surface area contributed by atoms with Gasteiger partial charge in [-0.1, -0.05) is 52.5 Å². The first-order valence-electron chi connectivity index (χ1n) is 8.21. The van der Waals surface area contributed by atoms with Crippen LogP contribution in [0, 0.1) is 0 Å². The van der Waals surface area contributed by atoms with E-state index in [4.69, 9.17) is 55.9 Å². The highest BCUT2D eigenvalue weighted by molar-refractivity contribution is 6.67. The molecule has 1 amide bonds. The largest absolute Gasteiger partial charge is 0.459 e. The van der Waals surface area contributed by atoms with Crippen LogP contribution in [0.2, 0.25) is 5.02 Å². The molecule has 5 nitrogen and oxygen atoms in total. The standard InChI is InChI=1S/C17H17Cl4NO4/c18-11-3-1-2-10(6-11)15(23)26-14-7-12-4-5-13(8-14)22(12)16(24)25-9-17(19,20)21/h1-3,6,12-14H,4-5,7-9H2/t12-,13+,14?. The van der Waals surface area contributed by atoms with Gasteiger partial charge in [-0.3, -0.25) is 0 Å². The third kappa shape index (κ3) is 4.89. The average molecular weight is 441 g/mol. The van der Waals surface area contributed by atoms with E-state index in [0.29, 0.717) is 23.4 Å². The number of carbonyl (C=O) groups is 2. The van der Waals surface area contributed by atoms with Crippen molar-refractivity contribution in [1.29, 1.82) is 0 Å². The Bertz CT molecular complexity index is 680. The van der Waals surface area contributed by atoms with Crippen molar-refractivity contribution in [2.24, 2.45) is 0 Å². The fourth-order valence-corrected chi connectivity index (χ4v) is 3.93. The van der Waals surface area contributed by atoms with Crippen molar-refractivity contribution in [3.05, 3.63) is 34.9 Å². The van der Waals surface area contributed by atoms with Gasteiger partial charge in [-0.2, -0.15) is 0 Å². The zero-order valence-electron chi connectivity index (χ0n) is 13.7. The van der Waals surface area contributed by atoms with E-state index in [1.54, 1.807) is 29.2 Å². The normalized spacial score (nSPS) is 25.1. The van der Waals surface area contributed by atoms with E-state index in [-0.39, 0.29) is 24.8 Å². The molecule has 9 heteroatoms. The molecule has 2 bridgehead atoms. The monoisotopic (exact) mass is 439 g/mol. The number of esters is 1. The van der Waals surface area contributed by atoms with Crippen LogP contribution >= 0.6 is 46.4 Å². The minimum Gasteiger partial charge on any atom is -0.459 e. The molecule has 1 aromatic carbocycles. The average Bonchev–Trinajstić information content (AvgIpc) is 2.83. The van der Waals surface area contributed by atoms with Gasteiger partial charge >= 0.3 is 12.1 Å². The number of amides is 1.